The Hall–Kier alpha value is -3.06. The van der Waals surface area contributed by atoms with Crippen LogP contribution in [0.3, 0.4) is 0 Å². The average Bonchev–Trinajstić information content (AvgIpc) is 3.12. The first-order chi connectivity index (χ1) is 12.5. The topological polar surface area (TPSA) is 80.5 Å². The van der Waals surface area contributed by atoms with E-state index in [9.17, 15) is 4.79 Å². The van der Waals surface area contributed by atoms with Crippen LogP contribution < -0.4 is 10.1 Å². The monoisotopic (exact) mass is 372 g/mol. The maximum atomic E-state index is 12.2. The zero-order valence-corrected chi connectivity index (χ0v) is 15.0. The fourth-order valence-electron chi connectivity index (χ4n) is 2.23. The molecule has 0 bridgehead atoms. The second kappa shape index (κ2) is 7.88. The predicted molar refractivity (Wildman–Crippen MR) is 98.2 cm³/mol. The van der Waals surface area contributed by atoms with Crippen LogP contribution in [-0.4, -0.2) is 35.2 Å². The van der Waals surface area contributed by atoms with E-state index in [0.717, 1.165) is 5.56 Å². The minimum Gasteiger partial charge on any atom is -0.497 e. The van der Waals surface area contributed by atoms with Crippen LogP contribution in [0.4, 0.5) is 10.5 Å². The van der Waals surface area contributed by atoms with Gasteiger partial charge in [0.15, 0.2) is 0 Å². The molecule has 3 aromatic rings. The molecule has 1 aromatic heterocycles. The summed E-state index contributed by atoms with van der Waals surface area (Å²) >= 11 is 5.83. The number of halogens is 1. The minimum atomic E-state index is -0.298. The number of aromatic nitrogens is 2. The number of hydrogen-bond acceptors (Lipinski definition) is 5. The van der Waals surface area contributed by atoms with Crippen molar-refractivity contribution in [2.45, 2.75) is 6.54 Å². The van der Waals surface area contributed by atoms with Crippen LogP contribution in [0.2, 0.25) is 5.02 Å². The van der Waals surface area contributed by atoms with Crippen LogP contribution in [0.25, 0.3) is 11.4 Å². The zero-order chi connectivity index (χ0) is 18.5. The molecular formula is C18H17ClN4O3. The van der Waals surface area contributed by atoms with Gasteiger partial charge in [-0.15, -0.1) is 0 Å². The van der Waals surface area contributed by atoms with E-state index < -0.39 is 0 Å². The van der Waals surface area contributed by atoms with Gasteiger partial charge in [-0.2, -0.15) is 4.98 Å². The van der Waals surface area contributed by atoms with Crippen molar-refractivity contribution in [3.8, 4) is 17.1 Å². The number of nitrogens with one attached hydrogen (secondary N) is 1. The summed E-state index contributed by atoms with van der Waals surface area (Å²) in [5, 5.41) is 7.32. The number of benzene rings is 2. The number of anilines is 1. The van der Waals surface area contributed by atoms with E-state index in [2.05, 4.69) is 15.5 Å². The van der Waals surface area contributed by atoms with Crippen molar-refractivity contribution in [1.82, 2.24) is 15.0 Å². The Labute approximate surface area is 155 Å². The fraction of sp³-hybridized carbons (Fsp3) is 0.167. The van der Waals surface area contributed by atoms with Crippen molar-refractivity contribution >= 4 is 23.3 Å². The lowest BCUT2D eigenvalue weighted by atomic mass is 10.2. The van der Waals surface area contributed by atoms with Crippen LogP contribution >= 0.6 is 11.6 Å². The summed E-state index contributed by atoms with van der Waals surface area (Å²) in [5.74, 6) is 1.47. The second-order valence-corrected chi connectivity index (χ2v) is 5.97. The van der Waals surface area contributed by atoms with Crippen LogP contribution in [0, 0.1) is 0 Å². The predicted octanol–water partition coefficient (Wildman–Crippen LogP) is 4.06. The van der Waals surface area contributed by atoms with E-state index in [0.29, 0.717) is 28.2 Å². The molecular weight excluding hydrogens is 356 g/mol. The number of urea groups is 1. The summed E-state index contributed by atoms with van der Waals surface area (Å²) in [6.45, 7) is 0.177. The smallest absolute Gasteiger partial charge is 0.322 e. The lowest BCUT2D eigenvalue weighted by molar-refractivity contribution is 0.213. The first kappa shape index (κ1) is 17.8. The molecule has 1 heterocycles. The number of rotatable bonds is 5. The Morgan fingerprint density at radius 1 is 1.27 bits per heavy atom. The number of nitrogens with zero attached hydrogens (tertiary/aromatic N) is 3. The van der Waals surface area contributed by atoms with Crippen molar-refractivity contribution in [2.75, 3.05) is 19.5 Å². The Morgan fingerprint density at radius 3 is 2.77 bits per heavy atom. The molecule has 7 nitrogen and oxygen atoms in total. The lowest BCUT2D eigenvalue weighted by Gasteiger charge is -2.15. The van der Waals surface area contributed by atoms with E-state index in [1.54, 1.807) is 38.4 Å². The summed E-state index contributed by atoms with van der Waals surface area (Å²) in [6.07, 6.45) is 0. The molecule has 8 heteroatoms. The van der Waals surface area contributed by atoms with Gasteiger partial charge in [0, 0.05) is 23.3 Å². The molecule has 0 saturated carbocycles. The lowest BCUT2D eigenvalue weighted by Crippen LogP contribution is -2.30. The van der Waals surface area contributed by atoms with Crippen molar-refractivity contribution in [2.24, 2.45) is 0 Å². The Kier molecular flexibility index (Phi) is 5.38. The Bertz CT molecular complexity index is 895. The molecule has 0 aliphatic carbocycles. The second-order valence-electron chi connectivity index (χ2n) is 5.54. The van der Waals surface area contributed by atoms with Gasteiger partial charge in [-0.1, -0.05) is 28.9 Å². The third kappa shape index (κ3) is 4.31. The number of ether oxygens (including phenoxy) is 1. The van der Waals surface area contributed by atoms with Crippen molar-refractivity contribution in [3.05, 3.63) is 59.4 Å². The zero-order valence-electron chi connectivity index (χ0n) is 14.3. The van der Waals surface area contributed by atoms with E-state index >= 15 is 0 Å². The third-order valence-electron chi connectivity index (χ3n) is 3.61. The van der Waals surface area contributed by atoms with E-state index in [-0.39, 0.29) is 12.6 Å². The standard InChI is InChI=1S/C18H17ClN4O3/c1-23(18(24)20-14-8-6-13(19)7-9-14)11-16-21-17(22-26-16)12-4-3-5-15(10-12)25-2/h3-10H,11H2,1-2H3,(H,20,24). The summed E-state index contributed by atoms with van der Waals surface area (Å²) in [6, 6.07) is 13.9. The highest BCUT2D eigenvalue weighted by atomic mass is 35.5. The molecule has 0 aliphatic heterocycles. The molecule has 3 rings (SSSR count). The average molecular weight is 373 g/mol. The highest BCUT2D eigenvalue weighted by Crippen LogP contribution is 2.21. The molecule has 0 spiro atoms. The molecule has 0 aliphatic rings. The molecule has 26 heavy (non-hydrogen) atoms. The van der Waals surface area contributed by atoms with Gasteiger partial charge in [-0.3, -0.25) is 0 Å². The summed E-state index contributed by atoms with van der Waals surface area (Å²) < 4.78 is 10.4. The van der Waals surface area contributed by atoms with Crippen molar-refractivity contribution in [3.63, 3.8) is 0 Å². The normalized spacial score (nSPS) is 10.4. The quantitative estimate of drug-likeness (QED) is 0.730. The van der Waals surface area contributed by atoms with Gasteiger partial charge in [-0.05, 0) is 36.4 Å². The highest BCUT2D eigenvalue weighted by molar-refractivity contribution is 6.30. The van der Waals surface area contributed by atoms with Gasteiger partial charge in [0.1, 0.15) is 12.3 Å². The molecule has 0 unspecified atom stereocenters. The number of methoxy groups -OCH3 is 1. The van der Waals surface area contributed by atoms with Gasteiger partial charge < -0.3 is 19.5 Å². The summed E-state index contributed by atoms with van der Waals surface area (Å²) in [7, 11) is 3.23. The maximum Gasteiger partial charge on any atom is 0.322 e. The summed E-state index contributed by atoms with van der Waals surface area (Å²) in [5.41, 5.74) is 1.42. The largest absolute Gasteiger partial charge is 0.497 e. The first-order valence-electron chi connectivity index (χ1n) is 7.80. The van der Waals surface area contributed by atoms with Crippen LogP contribution in [0.5, 0.6) is 5.75 Å². The molecule has 134 valence electrons. The van der Waals surface area contributed by atoms with Crippen LogP contribution in [-0.2, 0) is 6.54 Å². The SMILES string of the molecule is COc1cccc(-c2noc(CN(C)C(=O)Nc3ccc(Cl)cc3)n2)c1. The van der Waals surface area contributed by atoms with Crippen molar-refractivity contribution in [1.29, 1.82) is 0 Å². The number of carbonyl (C=O) groups is 1. The van der Waals surface area contributed by atoms with Crippen molar-refractivity contribution < 1.29 is 14.1 Å². The summed E-state index contributed by atoms with van der Waals surface area (Å²) in [4.78, 5) is 18.0. The van der Waals surface area contributed by atoms with Gasteiger partial charge in [0.2, 0.25) is 11.7 Å². The van der Waals surface area contributed by atoms with Gasteiger partial charge in [0.25, 0.3) is 0 Å². The molecule has 0 fully saturated rings. The van der Waals surface area contributed by atoms with Gasteiger partial charge in [0.05, 0.1) is 7.11 Å². The third-order valence-corrected chi connectivity index (χ3v) is 3.86. The van der Waals surface area contributed by atoms with Crippen LogP contribution in [0.1, 0.15) is 5.89 Å². The number of carbonyl (C=O) groups excluding carboxylic acids is 1. The molecule has 0 radical (unpaired) electrons. The fourth-order valence-corrected chi connectivity index (χ4v) is 2.35. The molecule has 1 N–H and O–H groups in total. The van der Waals surface area contributed by atoms with E-state index in [1.165, 1.54) is 4.90 Å². The Morgan fingerprint density at radius 2 is 2.04 bits per heavy atom. The van der Waals surface area contributed by atoms with E-state index in [1.807, 2.05) is 24.3 Å². The molecule has 2 aromatic carbocycles. The highest BCUT2D eigenvalue weighted by Gasteiger charge is 2.15. The first-order valence-corrected chi connectivity index (χ1v) is 8.17. The van der Waals surface area contributed by atoms with Gasteiger partial charge >= 0.3 is 6.03 Å². The van der Waals surface area contributed by atoms with Gasteiger partial charge in [-0.25, -0.2) is 4.79 Å². The van der Waals surface area contributed by atoms with Crippen LogP contribution in [0.15, 0.2) is 53.1 Å². The van der Waals surface area contributed by atoms with E-state index in [4.69, 9.17) is 20.9 Å². The minimum absolute atomic E-state index is 0.177. The molecule has 2 amide bonds. The molecule has 0 saturated heterocycles. The maximum absolute atomic E-state index is 12.2. The molecule has 0 atom stereocenters. The Balaban J connectivity index is 1.64. The number of hydrogen-bond donors (Lipinski definition) is 1. The number of amides is 2.